The fourth-order valence-corrected chi connectivity index (χ4v) is 3.07. The summed E-state index contributed by atoms with van der Waals surface area (Å²) in [4.78, 5) is 25.3. The Morgan fingerprint density at radius 2 is 2.15 bits per heavy atom. The first kappa shape index (κ1) is 13.1. The molecule has 2 aromatic rings. The van der Waals surface area contributed by atoms with Crippen molar-refractivity contribution in [3.05, 3.63) is 17.8 Å². The van der Waals surface area contributed by atoms with E-state index in [-0.39, 0.29) is 6.09 Å². The summed E-state index contributed by atoms with van der Waals surface area (Å²) in [6.45, 7) is 5.09. The van der Waals surface area contributed by atoms with Crippen LogP contribution in [-0.2, 0) is 4.74 Å². The summed E-state index contributed by atoms with van der Waals surface area (Å²) in [5.41, 5.74) is 0. The Morgan fingerprint density at radius 1 is 1.35 bits per heavy atom. The normalized spacial score (nSPS) is 15.7. The average Bonchev–Trinajstić information content (AvgIpc) is 2.96. The third kappa shape index (κ3) is 2.40. The first-order valence-electron chi connectivity index (χ1n) is 6.64. The Kier molecular flexibility index (Phi) is 3.68. The summed E-state index contributed by atoms with van der Waals surface area (Å²) >= 11 is 1.62. The molecule has 1 fully saturated rings. The average molecular weight is 292 g/mol. The molecule has 1 amide bonds. The second kappa shape index (κ2) is 5.62. The number of nitrogens with zero attached hydrogens (tertiary/aromatic N) is 4. The lowest BCUT2D eigenvalue weighted by Gasteiger charge is -2.34. The standard InChI is InChI=1S/C13H16N4O2S/c1-2-19-13(18)17-6-4-16(5-7-17)11-10-3-8-20-12(10)15-9-14-11/h3,8-9H,2,4-7H2,1H3. The molecule has 3 rings (SSSR count). The van der Waals surface area contributed by atoms with Gasteiger partial charge < -0.3 is 14.5 Å². The predicted molar refractivity (Wildman–Crippen MR) is 78.2 cm³/mol. The number of carbonyl (C=O) groups excluding carboxylic acids is 1. The highest BCUT2D eigenvalue weighted by Gasteiger charge is 2.23. The molecule has 106 valence electrons. The molecule has 3 heterocycles. The van der Waals surface area contributed by atoms with Crippen LogP contribution < -0.4 is 4.90 Å². The predicted octanol–water partition coefficient (Wildman–Crippen LogP) is 1.97. The monoisotopic (exact) mass is 292 g/mol. The van der Waals surface area contributed by atoms with Crippen molar-refractivity contribution in [1.82, 2.24) is 14.9 Å². The molecule has 0 bridgehead atoms. The quantitative estimate of drug-likeness (QED) is 0.847. The summed E-state index contributed by atoms with van der Waals surface area (Å²) < 4.78 is 5.02. The molecular weight excluding hydrogens is 276 g/mol. The van der Waals surface area contributed by atoms with E-state index in [1.54, 1.807) is 22.6 Å². The number of ether oxygens (including phenoxy) is 1. The Balaban J connectivity index is 1.72. The van der Waals surface area contributed by atoms with Crippen molar-refractivity contribution < 1.29 is 9.53 Å². The maximum absolute atomic E-state index is 11.7. The fourth-order valence-electron chi connectivity index (χ4n) is 2.34. The van der Waals surface area contributed by atoms with Crippen LogP contribution in [-0.4, -0.2) is 53.7 Å². The summed E-state index contributed by atoms with van der Waals surface area (Å²) in [7, 11) is 0. The third-order valence-corrected chi connectivity index (χ3v) is 4.17. The highest BCUT2D eigenvalue weighted by Crippen LogP contribution is 2.27. The van der Waals surface area contributed by atoms with Crippen molar-refractivity contribution in [3.63, 3.8) is 0 Å². The molecule has 0 aliphatic carbocycles. The first-order valence-corrected chi connectivity index (χ1v) is 7.52. The van der Waals surface area contributed by atoms with Gasteiger partial charge in [0.15, 0.2) is 0 Å². The van der Waals surface area contributed by atoms with E-state index in [1.807, 2.05) is 18.4 Å². The van der Waals surface area contributed by atoms with E-state index in [2.05, 4.69) is 14.9 Å². The number of anilines is 1. The van der Waals surface area contributed by atoms with Gasteiger partial charge in [0.2, 0.25) is 0 Å². The van der Waals surface area contributed by atoms with E-state index in [0.29, 0.717) is 19.7 Å². The van der Waals surface area contributed by atoms with E-state index in [4.69, 9.17) is 4.74 Å². The Bertz CT molecular complexity index is 607. The lowest BCUT2D eigenvalue weighted by molar-refractivity contribution is 0.105. The van der Waals surface area contributed by atoms with E-state index >= 15 is 0 Å². The zero-order valence-electron chi connectivity index (χ0n) is 11.3. The van der Waals surface area contributed by atoms with Crippen molar-refractivity contribution in [1.29, 1.82) is 0 Å². The van der Waals surface area contributed by atoms with Gasteiger partial charge in [-0.15, -0.1) is 11.3 Å². The molecule has 1 aliphatic rings. The minimum Gasteiger partial charge on any atom is -0.450 e. The van der Waals surface area contributed by atoms with Crippen LogP contribution in [0.2, 0.25) is 0 Å². The lowest BCUT2D eigenvalue weighted by atomic mass is 10.3. The van der Waals surface area contributed by atoms with Crippen LogP contribution in [0.1, 0.15) is 6.92 Å². The van der Waals surface area contributed by atoms with Gasteiger partial charge in [-0.25, -0.2) is 14.8 Å². The van der Waals surface area contributed by atoms with Gasteiger partial charge in [0.05, 0.1) is 12.0 Å². The molecule has 0 radical (unpaired) electrons. The van der Waals surface area contributed by atoms with Crippen LogP contribution >= 0.6 is 11.3 Å². The van der Waals surface area contributed by atoms with Gasteiger partial charge in [-0.3, -0.25) is 0 Å². The largest absolute Gasteiger partial charge is 0.450 e. The molecule has 1 aliphatic heterocycles. The second-order valence-electron chi connectivity index (χ2n) is 4.51. The number of piperazine rings is 1. The van der Waals surface area contributed by atoms with Gasteiger partial charge in [-0.2, -0.15) is 0 Å². The number of carbonyl (C=O) groups is 1. The van der Waals surface area contributed by atoms with Crippen LogP contribution in [0.15, 0.2) is 17.8 Å². The second-order valence-corrected chi connectivity index (χ2v) is 5.40. The number of hydrogen-bond donors (Lipinski definition) is 0. The van der Waals surface area contributed by atoms with Crippen LogP contribution in [0.25, 0.3) is 10.2 Å². The van der Waals surface area contributed by atoms with Crippen molar-refractivity contribution in [2.75, 3.05) is 37.7 Å². The van der Waals surface area contributed by atoms with Gasteiger partial charge in [-0.1, -0.05) is 0 Å². The number of rotatable bonds is 2. The Morgan fingerprint density at radius 3 is 2.90 bits per heavy atom. The summed E-state index contributed by atoms with van der Waals surface area (Å²) in [6, 6.07) is 2.05. The number of hydrogen-bond acceptors (Lipinski definition) is 6. The third-order valence-electron chi connectivity index (χ3n) is 3.35. The molecule has 0 aromatic carbocycles. The van der Waals surface area contributed by atoms with Crippen LogP contribution in [0.5, 0.6) is 0 Å². The maximum Gasteiger partial charge on any atom is 0.409 e. The van der Waals surface area contributed by atoms with Gasteiger partial charge >= 0.3 is 6.09 Å². The Labute approximate surface area is 121 Å². The minimum atomic E-state index is -0.226. The van der Waals surface area contributed by atoms with Crippen LogP contribution in [0.4, 0.5) is 10.6 Å². The van der Waals surface area contributed by atoms with Gasteiger partial charge in [-0.05, 0) is 18.4 Å². The van der Waals surface area contributed by atoms with Crippen LogP contribution in [0, 0.1) is 0 Å². The van der Waals surface area contributed by atoms with E-state index in [1.165, 1.54) is 0 Å². The number of thiophene rings is 1. The van der Waals surface area contributed by atoms with Gasteiger partial charge in [0.1, 0.15) is 17.0 Å². The zero-order chi connectivity index (χ0) is 13.9. The van der Waals surface area contributed by atoms with Gasteiger partial charge in [0, 0.05) is 26.2 Å². The first-order chi connectivity index (χ1) is 9.79. The maximum atomic E-state index is 11.7. The summed E-state index contributed by atoms with van der Waals surface area (Å²) in [5, 5.41) is 3.11. The SMILES string of the molecule is CCOC(=O)N1CCN(c2ncnc3sccc23)CC1. The minimum absolute atomic E-state index is 0.226. The number of aromatic nitrogens is 2. The molecule has 0 spiro atoms. The Hall–Kier alpha value is -1.89. The molecule has 0 N–H and O–H groups in total. The number of fused-ring (bicyclic) bond motifs is 1. The summed E-state index contributed by atoms with van der Waals surface area (Å²) in [5.74, 6) is 0.958. The molecule has 6 nitrogen and oxygen atoms in total. The highest BCUT2D eigenvalue weighted by atomic mass is 32.1. The zero-order valence-corrected chi connectivity index (χ0v) is 12.1. The molecule has 0 unspecified atom stereocenters. The van der Waals surface area contributed by atoms with Gasteiger partial charge in [0.25, 0.3) is 0 Å². The van der Waals surface area contributed by atoms with Crippen molar-refractivity contribution in [3.8, 4) is 0 Å². The molecule has 2 aromatic heterocycles. The molecule has 1 saturated heterocycles. The topological polar surface area (TPSA) is 58.6 Å². The van der Waals surface area contributed by atoms with Crippen molar-refractivity contribution >= 4 is 33.5 Å². The van der Waals surface area contributed by atoms with Crippen LogP contribution in [0.3, 0.4) is 0 Å². The van der Waals surface area contributed by atoms with E-state index in [0.717, 1.165) is 29.1 Å². The van der Waals surface area contributed by atoms with E-state index < -0.39 is 0 Å². The van der Waals surface area contributed by atoms with Crippen molar-refractivity contribution in [2.45, 2.75) is 6.92 Å². The van der Waals surface area contributed by atoms with Crippen molar-refractivity contribution in [2.24, 2.45) is 0 Å². The fraction of sp³-hybridized carbons (Fsp3) is 0.462. The lowest BCUT2D eigenvalue weighted by Crippen LogP contribution is -2.49. The molecule has 0 saturated carbocycles. The molecule has 20 heavy (non-hydrogen) atoms. The smallest absolute Gasteiger partial charge is 0.409 e. The molecular formula is C13H16N4O2S. The number of amides is 1. The molecule has 7 heteroatoms. The molecule has 0 atom stereocenters. The highest BCUT2D eigenvalue weighted by molar-refractivity contribution is 7.16. The van der Waals surface area contributed by atoms with E-state index in [9.17, 15) is 4.79 Å². The summed E-state index contributed by atoms with van der Waals surface area (Å²) in [6.07, 6.45) is 1.38.